The monoisotopic (exact) mass is 361 g/mol. The zero-order chi connectivity index (χ0) is 19.0. The molecule has 27 heavy (non-hydrogen) atoms. The molecular weight excluding hydrogens is 334 g/mol. The summed E-state index contributed by atoms with van der Waals surface area (Å²) in [4.78, 5) is 11.7. The van der Waals surface area contributed by atoms with Gasteiger partial charge in [-0.3, -0.25) is 4.98 Å². The lowest BCUT2D eigenvalue weighted by Gasteiger charge is -2.35. The Morgan fingerprint density at radius 2 is 1.81 bits per heavy atom. The molecule has 3 heterocycles. The van der Waals surface area contributed by atoms with Crippen LogP contribution in [0.4, 0.5) is 5.82 Å². The van der Waals surface area contributed by atoms with E-state index in [1.807, 2.05) is 18.2 Å². The molecule has 1 saturated heterocycles. The van der Waals surface area contributed by atoms with Crippen LogP contribution < -0.4 is 4.90 Å². The summed E-state index contributed by atoms with van der Waals surface area (Å²) in [5.74, 6) is 1.31. The number of hydrogen-bond donors (Lipinski definition) is 1. The van der Waals surface area contributed by atoms with Crippen LogP contribution >= 0.6 is 0 Å². The van der Waals surface area contributed by atoms with Crippen molar-refractivity contribution < 1.29 is 5.11 Å². The Hall–Kier alpha value is -2.46. The number of rotatable bonds is 3. The highest BCUT2D eigenvalue weighted by Gasteiger charge is 2.27. The van der Waals surface area contributed by atoms with Gasteiger partial charge in [-0.15, -0.1) is 0 Å². The quantitative estimate of drug-likeness (QED) is 0.746. The number of pyridine rings is 2. The molecule has 0 saturated carbocycles. The highest BCUT2D eigenvalue weighted by Crippen LogP contribution is 2.33. The summed E-state index contributed by atoms with van der Waals surface area (Å²) in [6.07, 6.45) is 3.16. The first kappa shape index (κ1) is 17.9. The number of aliphatic hydroxyl groups excluding tert-OH is 1. The Labute approximate surface area is 160 Å². The third-order valence-corrected chi connectivity index (χ3v) is 6.00. The highest BCUT2D eigenvalue weighted by molar-refractivity contribution is 5.87. The van der Waals surface area contributed by atoms with Crippen molar-refractivity contribution in [2.24, 2.45) is 5.92 Å². The summed E-state index contributed by atoms with van der Waals surface area (Å²) in [7, 11) is 0. The van der Waals surface area contributed by atoms with Gasteiger partial charge in [0.25, 0.3) is 0 Å². The van der Waals surface area contributed by atoms with E-state index in [1.165, 1.54) is 22.1 Å². The predicted octanol–water partition coefficient (Wildman–Crippen LogP) is 4.51. The highest BCUT2D eigenvalue weighted by atomic mass is 16.3. The maximum Gasteiger partial charge on any atom is 0.129 e. The van der Waals surface area contributed by atoms with E-state index in [0.29, 0.717) is 0 Å². The van der Waals surface area contributed by atoms with Crippen molar-refractivity contribution in [2.75, 3.05) is 18.0 Å². The molecule has 1 N–H and O–H groups in total. The Morgan fingerprint density at radius 1 is 1.04 bits per heavy atom. The van der Waals surface area contributed by atoms with Crippen molar-refractivity contribution >= 4 is 16.7 Å². The van der Waals surface area contributed by atoms with Crippen LogP contribution in [0.1, 0.15) is 41.3 Å². The second-order valence-corrected chi connectivity index (χ2v) is 7.72. The number of aryl methyl sites for hydroxylation is 3. The fourth-order valence-electron chi connectivity index (χ4n) is 4.08. The minimum Gasteiger partial charge on any atom is -0.387 e. The van der Waals surface area contributed by atoms with Crippen LogP contribution in [0.2, 0.25) is 0 Å². The van der Waals surface area contributed by atoms with Crippen molar-refractivity contribution in [3.8, 4) is 0 Å². The van der Waals surface area contributed by atoms with Crippen LogP contribution in [-0.4, -0.2) is 28.2 Å². The van der Waals surface area contributed by atoms with Gasteiger partial charge < -0.3 is 10.0 Å². The summed E-state index contributed by atoms with van der Waals surface area (Å²) >= 11 is 0. The summed E-state index contributed by atoms with van der Waals surface area (Å²) in [5.41, 5.74) is 5.71. The van der Waals surface area contributed by atoms with E-state index in [4.69, 9.17) is 4.98 Å². The molecule has 4 nitrogen and oxygen atoms in total. The van der Waals surface area contributed by atoms with Gasteiger partial charge in [0.05, 0.1) is 17.3 Å². The first-order valence-electron chi connectivity index (χ1n) is 9.76. The molecule has 4 rings (SSSR count). The molecule has 0 bridgehead atoms. The zero-order valence-corrected chi connectivity index (χ0v) is 16.3. The molecule has 1 aromatic carbocycles. The van der Waals surface area contributed by atoms with E-state index in [9.17, 15) is 5.11 Å². The standard InChI is InChI=1S/C23H27N3O/c1-15-7-8-19-16(2)14-21(25-22(19)17(15)3)26-12-9-18(10-13-26)23(27)20-6-4-5-11-24-20/h4-8,11,14,18,23,27H,9-10,12-13H2,1-3H3. The molecule has 140 valence electrons. The van der Waals surface area contributed by atoms with Crippen molar-refractivity contribution in [3.05, 3.63) is 65.0 Å². The largest absolute Gasteiger partial charge is 0.387 e. The van der Waals surface area contributed by atoms with Crippen molar-refractivity contribution in [2.45, 2.75) is 39.7 Å². The predicted molar refractivity (Wildman–Crippen MR) is 110 cm³/mol. The van der Waals surface area contributed by atoms with Crippen LogP contribution in [-0.2, 0) is 0 Å². The minimum atomic E-state index is -0.482. The number of aliphatic hydroxyl groups is 1. The molecule has 1 unspecified atom stereocenters. The van der Waals surface area contributed by atoms with E-state index in [-0.39, 0.29) is 5.92 Å². The summed E-state index contributed by atoms with van der Waals surface area (Å²) in [6.45, 7) is 8.29. The van der Waals surface area contributed by atoms with Gasteiger partial charge in [0.2, 0.25) is 0 Å². The molecule has 0 spiro atoms. The van der Waals surface area contributed by atoms with Crippen molar-refractivity contribution in [3.63, 3.8) is 0 Å². The fourth-order valence-corrected chi connectivity index (χ4v) is 4.08. The molecule has 1 aliphatic rings. The van der Waals surface area contributed by atoms with E-state index >= 15 is 0 Å². The van der Waals surface area contributed by atoms with Gasteiger partial charge in [-0.25, -0.2) is 4.98 Å². The first-order valence-corrected chi connectivity index (χ1v) is 9.76. The van der Waals surface area contributed by atoms with Crippen LogP contribution in [0.3, 0.4) is 0 Å². The molecule has 0 radical (unpaired) electrons. The number of benzene rings is 1. The molecule has 4 heteroatoms. The molecule has 1 atom stereocenters. The Bertz CT molecular complexity index is 947. The average molecular weight is 361 g/mol. The van der Waals surface area contributed by atoms with Crippen molar-refractivity contribution in [1.29, 1.82) is 0 Å². The van der Waals surface area contributed by atoms with Crippen LogP contribution in [0.5, 0.6) is 0 Å². The van der Waals surface area contributed by atoms with Crippen molar-refractivity contribution in [1.82, 2.24) is 9.97 Å². The number of piperidine rings is 1. The van der Waals surface area contributed by atoms with Crippen LogP contribution in [0.25, 0.3) is 10.9 Å². The van der Waals surface area contributed by atoms with Gasteiger partial charge in [-0.1, -0.05) is 18.2 Å². The first-order chi connectivity index (χ1) is 13.0. The topological polar surface area (TPSA) is 49.2 Å². The van der Waals surface area contributed by atoms with E-state index in [0.717, 1.165) is 43.0 Å². The lowest BCUT2D eigenvalue weighted by molar-refractivity contribution is 0.0890. The second kappa shape index (κ2) is 7.28. The molecule has 2 aromatic heterocycles. The van der Waals surface area contributed by atoms with Gasteiger partial charge in [0, 0.05) is 24.7 Å². The van der Waals surface area contributed by atoms with Crippen LogP contribution in [0, 0.1) is 26.7 Å². The molecular formula is C23H27N3O. The van der Waals surface area contributed by atoms with Gasteiger partial charge in [-0.05, 0) is 74.4 Å². The Morgan fingerprint density at radius 3 is 2.52 bits per heavy atom. The summed E-state index contributed by atoms with van der Waals surface area (Å²) < 4.78 is 0. The van der Waals surface area contributed by atoms with Gasteiger partial charge in [0.15, 0.2) is 0 Å². The zero-order valence-electron chi connectivity index (χ0n) is 16.3. The van der Waals surface area contributed by atoms with E-state index < -0.39 is 6.10 Å². The summed E-state index contributed by atoms with van der Waals surface area (Å²) in [5, 5.41) is 11.9. The number of fused-ring (bicyclic) bond motifs is 1. The number of hydrogen-bond acceptors (Lipinski definition) is 4. The SMILES string of the molecule is Cc1ccc2c(C)cc(N3CCC(C(O)c4ccccn4)CC3)nc2c1C. The lowest BCUT2D eigenvalue weighted by atomic mass is 9.89. The maximum absolute atomic E-state index is 10.7. The molecule has 0 amide bonds. The van der Waals surface area contributed by atoms with E-state index in [2.05, 4.69) is 48.9 Å². The summed E-state index contributed by atoms with van der Waals surface area (Å²) in [6, 6.07) is 12.3. The Kier molecular flexibility index (Phi) is 4.83. The van der Waals surface area contributed by atoms with Gasteiger partial charge in [0.1, 0.15) is 5.82 Å². The minimum absolute atomic E-state index is 0.252. The molecule has 3 aromatic rings. The molecule has 1 fully saturated rings. The number of nitrogens with zero attached hydrogens (tertiary/aromatic N) is 3. The molecule has 0 aliphatic carbocycles. The van der Waals surface area contributed by atoms with Gasteiger partial charge in [-0.2, -0.15) is 0 Å². The number of anilines is 1. The normalized spacial score (nSPS) is 16.7. The molecule has 1 aliphatic heterocycles. The lowest BCUT2D eigenvalue weighted by Crippen LogP contribution is -2.36. The smallest absolute Gasteiger partial charge is 0.129 e. The Balaban J connectivity index is 1.54. The van der Waals surface area contributed by atoms with Crippen LogP contribution in [0.15, 0.2) is 42.6 Å². The second-order valence-electron chi connectivity index (χ2n) is 7.72. The fraction of sp³-hybridized carbons (Fsp3) is 0.391. The van der Waals surface area contributed by atoms with Gasteiger partial charge >= 0.3 is 0 Å². The maximum atomic E-state index is 10.7. The third kappa shape index (κ3) is 3.42. The van der Waals surface area contributed by atoms with E-state index in [1.54, 1.807) is 6.20 Å². The average Bonchev–Trinajstić information content (AvgIpc) is 2.71. The number of aromatic nitrogens is 2. The third-order valence-electron chi connectivity index (χ3n) is 6.00.